The van der Waals surface area contributed by atoms with Crippen molar-refractivity contribution in [3.63, 3.8) is 0 Å². The van der Waals surface area contributed by atoms with Crippen LogP contribution < -0.4 is 10.4 Å². The fourth-order valence-corrected chi connectivity index (χ4v) is 1.54. The van der Waals surface area contributed by atoms with Crippen LogP contribution in [0.1, 0.15) is 10.6 Å². The minimum Gasteiger partial charge on any atom is -0.494 e. The molecule has 0 bridgehead atoms. The maximum atomic E-state index is 11.7. The molecular formula is C10H8N4O6. The number of nitro groups is 1. The number of carboxylic acid groups (broad SMARTS) is 1. The van der Waals surface area contributed by atoms with E-state index in [1.165, 1.54) is 19.2 Å². The minimum absolute atomic E-state index is 0.0320. The molecule has 20 heavy (non-hydrogen) atoms. The maximum Gasteiger partial charge on any atom is 0.373 e. The number of aromatic nitrogens is 3. The van der Waals surface area contributed by atoms with E-state index in [0.29, 0.717) is 4.68 Å². The SMILES string of the molecule is COc1ccc([N+](=O)[O-])cc1-n1nc(C(=O)O)[nH]c1=O. The average Bonchev–Trinajstić information content (AvgIpc) is 2.80. The molecule has 0 aliphatic rings. The molecule has 10 heteroatoms. The minimum atomic E-state index is -1.43. The monoisotopic (exact) mass is 280 g/mol. The summed E-state index contributed by atoms with van der Waals surface area (Å²) in [5, 5.41) is 23.0. The Bertz CT molecular complexity index is 746. The largest absolute Gasteiger partial charge is 0.494 e. The van der Waals surface area contributed by atoms with Gasteiger partial charge in [0.25, 0.3) is 5.69 Å². The summed E-state index contributed by atoms with van der Waals surface area (Å²) in [4.78, 5) is 34.5. The summed E-state index contributed by atoms with van der Waals surface area (Å²) in [5.74, 6) is -1.87. The lowest BCUT2D eigenvalue weighted by atomic mass is 10.2. The van der Waals surface area contributed by atoms with Gasteiger partial charge in [0.05, 0.1) is 12.0 Å². The van der Waals surface area contributed by atoms with E-state index in [9.17, 15) is 19.7 Å². The number of carbonyl (C=O) groups is 1. The summed E-state index contributed by atoms with van der Waals surface area (Å²) < 4.78 is 5.67. The van der Waals surface area contributed by atoms with Crippen LogP contribution in [0, 0.1) is 10.1 Å². The van der Waals surface area contributed by atoms with E-state index >= 15 is 0 Å². The Morgan fingerprint density at radius 2 is 2.25 bits per heavy atom. The number of non-ortho nitro benzene ring substituents is 1. The van der Waals surface area contributed by atoms with Crippen LogP contribution in [0.15, 0.2) is 23.0 Å². The quantitative estimate of drug-likeness (QED) is 0.600. The van der Waals surface area contributed by atoms with E-state index in [1.54, 1.807) is 0 Å². The van der Waals surface area contributed by atoms with Crippen LogP contribution in [0.2, 0.25) is 0 Å². The molecule has 1 aromatic carbocycles. The Balaban J connectivity index is 2.67. The molecule has 0 amide bonds. The summed E-state index contributed by atoms with van der Waals surface area (Å²) >= 11 is 0. The summed E-state index contributed by atoms with van der Waals surface area (Å²) in [6, 6.07) is 3.54. The molecule has 0 unspecified atom stereocenters. The van der Waals surface area contributed by atoms with Crippen molar-refractivity contribution in [1.82, 2.24) is 14.8 Å². The predicted octanol–water partition coefficient (Wildman–Crippen LogP) is 0.176. The summed E-state index contributed by atoms with van der Waals surface area (Å²) in [7, 11) is 1.31. The number of benzene rings is 1. The molecule has 0 saturated heterocycles. The van der Waals surface area contributed by atoms with Gasteiger partial charge in [0, 0.05) is 12.1 Å². The van der Waals surface area contributed by atoms with Gasteiger partial charge in [-0.2, -0.15) is 4.68 Å². The zero-order valence-corrected chi connectivity index (χ0v) is 10.1. The molecule has 0 aliphatic carbocycles. The van der Waals surface area contributed by atoms with Gasteiger partial charge < -0.3 is 9.84 Å². The number of aromatic carboxylic acids is 1. The van der Waals surface area contributed by atoms with E-state index in [0.717, 1.165) is 6.07 Å². The van der Waals surface area contributed by atoms with Gasteiger partial charge in [-0.15, -0.1) is 5.10 Å². The molecule has 10 nitrogen and oxygen atoms in total. The smallest absolute Gasteiger partial charge is 0.373 e. The van der Waals surface area contributed by atoms with E-state index in [-0.39, 0.29) is 17.1 Å². The lowest BCUT2D eigenvalue weighted by Gasteiger charge is -2.06. The number of ether oxygens (including phenoxy) is 1. The van der Waals surface area contributed by atoms with Crippen LogP contribution in [0.25, 0.3) is 5.69 Å². The zero-order valence-electron chi connectivity index (χ0n) is 10.1. The normalized spacial score (nSPS) is 10.2. The number of methoxy groups -OCH3 is 1. The predicted molar refractivity (Wildman–Crippen MR) is 64.4 cm³/mol. The lowest BCUT2D eigenvalue weighted by Crippen LogP contribution is -2.17. The summed E-state index contributed by atoms with van der Waals surface area (Å²) in [6.07, 6.45) is 0. The Labute approximate surface area is 110 Å². The molecule has 1 heterocycles. The topological polar surface area (TPSA) is 140 Å². The van der Waals surface area contributed by atoms with Gasteiger partial charge in [-0.3, -0.25) is 15.1 Å². The number of nitrogens with zero attached hydrogens (tertiary/aromatic N) is 3. The first kappa shape index (κ1) is 13.3. The highest BCUT2D eigenvalue weighted by Crippen LogP contribution is 2.25. The van der Waals surface area contributed by atoms with Crippen molar-refractivity contribution in [3.8, 4) is 11.4 Å². The molecule has 104 valence electrons. The third kappa shape index (κ3) is 2.21. The number of carboxylic acids is 1. The highest BCUT2D eigenvalue weighted by molar-refractivity contribution is 5.82. The first-order valence-corrected chi connectivity index (χ1v) is 5.19. The average molecular weight is 280 g/mol. The number of nitrogens with one attached hydrogen (secondary N) is 1. The molecule has 0 fully saturated rings. The van der Waals surface area contributed by atoms with Gasteiger partial charge in [0.2, 0.25) is 5.82 Å². The van der Waals surface area contributed by atoms with Crippen molar-refractivity contribution in [3.05, 3.63) is 44.6 Å². The molecule has 0 saturated carbocycles. The van der Waals surface area contributed by atoms with Crippen LogP contribution in [0.4, 0.5) is 5.69 Å². The van der Waals surface area contributed by atoms with Crippen molar-refractivity contribution in [2.75, 3.05) is 7.11 Å². The number of aromatic amines is 1. The standard InChI is InChI=1S/C10H8N4O6/c1-20-7-3-2-5(14(18)19)4-6(7)13-10(17)11-8(12-13)9(15)16/h2-4H,1H3,(H,15,16)(H,11,12,17). The molecule has 2 N–H and O–H groups in total. The third-order valence-electron chi connectivity index (χ3n) is 2.42. The van der Waals surface area contributed by atoms with Gasteiger partial charge in [-0.05, 0) is 6.07 Å². The fraction of sp³-hybridized carbons (Fsp3) is 0.100. The second-order valence-electron chi connectivity index (χ2n) is 3.61. The first-order valence-electron chi connectivity index (χ1n) is 5.19. The third-order valence-corrected chi connectivity index (χ3v) is 2.42. The first-order chi connectivity index (χ1) is 9.43. The highest BCUT2D eigenvalue weighted by atomic mass is 16.6. The van der Waals surface area contributed by atoms with E-state index in [1.807, 2.05) is 4.98 Å². The van der Waals surface area contributed by atoms with E-state index in [4.69, 9.17) is 9.84 Å². The number of hydrogen-bond acceptors (Lipinski definition) is 6. The highest BCUT2D eigenvalue weighted by Gasteiger charge is 2.18. The van der Waals surface area contributed by atoms with Crippen LogP contribution in [0.3, 0.4) is 0 Å². The summed E-state index contributed by atoms with van der Waals surface area (Å²) in [5.41, 5.74) is -1.16. The zero-order chi connectivity index (χ0) is 14.9. The number of H-pyrrole nitrogens is 1. The number of nitro benzene ring substituents is 1. The number of rotatable bonds is 4. The molecular weight excluding hydrogens is 272 g/mol. The molecule has 0 aliphatic heterocycles. The molecule has 0 atom stereocenters. The van der Waals surface area contributed by atoms with Gasteiger partial charge in [0.1, 0.15) is 11.4 Å². The van der Waals surface area contributed by atoms with E-state index in [2.05, 4.69) is 5.10 Å². The molecule has 0 radical (unpaired) electrons. The molecule has 0 spiro atoms. The second-order valence-corrected chi connectivity index (χ2v) is 3.61. The maximum absolute atomic E-state index is 11.7. The van der Waals surface area contributed by atoms with Crippen molar-refractivity contribution in [2.24, 2.45) is 0 Å². The molecule has 1 aromatic heterocycles. The Morgan fingerprint density at radius 1 is 1.55 bits per heavy atom. The van der Waals surface area contributed by atoms with Crippen molar-refractivity contribution >= 4 is 11.7 Å². The lowest BCUT2D eigenvalue weighted by molar-refractivity contribution is -0.384. The van der Waals surface area contributed by atoms with Crippen molar-refractivity contribution < 1.29 is 19.6 Å². The van der Waals surface area contributed by atoms with Crippen LogP contribution >= 0.6 is 0 Å². The van der Waals surface area contributed by atoms with Crippen LogP contribution in [-0.2, 0) is 0 Å². The van der Waals surface area contributed by atoms with Gasteiger partial charge >= 0.3 is 11.7 Å². The van der Waals surface area contributed by atoms with Gasteiger partial charge in [0.15, 0.2) is 0 Å². The van der Waals surface area contributed by atoms with Crippen molar-refractivity contribution in [2.45, 2.75) is 0 Å². The Kier molecular flexibility index (Phi) is 3.21. The summed E-state index contributed by atoms with van der Waals surface area (Å²) in [6.45, 7) is 0. The van der Waals surface area contributed by atoms with Crippen LogP contribution in [0.5, 0.6) is 5.75 Å². The molecule has 2 aromatic rings. The van der Waals surface area contributed by atoms with E-state index < -0.39 is 22.4 Å². The van der Waals surface area contributed by atoms with Crippen LogP contribution in [-0.4, -0.2) is 37.9 Å². The molecule has 2 rings (SSSR count). The Hall–Kier alpha value is -3.17. The Morgan fingerprint density at radius 3 is 2.75 bits per heavy atom. The van der Waals surface area contributed by atoms with Crippen molar-refractivity contribution in [1.29, 1.82) is 0 Å². The second kappa shape index (κ2) is 4.84. The number of hydrogen-bond donors (Lipinski definition) is 2. The van der Waals surface area contributed by atoms with Gasteiger partial charge in [-0.1, -0.05) is 0 Å². The van der Waals surface area contributed by atoms with Gasteiger partial charge in [-0.25, -0.2) is 9.59 Å². The fourth-order valence-electron chi connectivity index (χ4n) is 1.54.